The Labute approximate surface area is 113 Å². The second-order valence-electron chi connectivity index (χ2n) is 3.63. The van der Waals surface area contributed by atoms with E-state index in [1.165, 1.54) is 17.4 Å². The van der Waals surface area contributed by atoms with E-state index >= 15 is 0 Å². The lowest BCUT2D eigenvalue weighted by molar-refractivity contribution is 0.0478. The van der Waals surface area contributed by atoms with Crippen LogP contribution in [-0.4, -0.2) is 5.97 Å². The van der Waals surface area contributed by atoms with Crippen molar-refractivity contribution in [3.63, 3.8) is 0 Å². The monoisotopic (exact) mass is 282 g/mol. The largest absolute Gasteiger partial charge is 0.456 e. The third kappa shape index (κ3) is 2.94. The number of nitrogens with two attached hydrogens (primary N) is 2. The molecular weight excluding hydrogens is 272 g/mol. The minimum absolute atomic E-state index is 0.181. The van der Waals surface area contributed by atoms with Gasteiger partial charge in [-0.1, -0.05) is 11.6 Å². The topological polar surface area (TPSA) is 78.3 Å². The van der Waals surface area contributed by atoms with Gasteiger partial charge in [-0.15, -0.1) is 11.3 Å². The third-order valence-corrected chi connectivity index (χ3v) is 3.47. The first-order valence-electron chi connectivity index (χ1n) is 5.12. The highest BCUT2D eigenvalue weighted by atomic mass is 35.5. The lowest BCUT2D eigenvalue weighted by Gasteiger charge is -2.06. The van der Waals surface area contributed by atoms with Crippen LogP contribution in [0.1, 0.15) is 15.2 Å². The maximum absolute atomic E-state index is 11.8. The number of hydrogen-bond donors (Lipinski definition) is 2. The summed E-state index contributed by atoms with van der Waals surface area (Å²) in [6.45, 7) is 0.181. The summed E-state index contributed by atoms with van der Waals surface area (Å²) in [6.07, 6.45) is 0. The summed E-state index contributed by atoms with van der Waals surface area (Å²) in [5.41, 5.74) is 12.4. The summed E-state index contributed by atoms with van der Waals surface area (Å²) in [4.78, 5) is 12.7. The molecule has 18 heavy (non-hydrogen) atoms. The van der Waals surface area contributed by atoms with Gasteiger partial charge in [-0.25, -0.2) is 4.79 Å². The number of ether oxygens (including phenoxy) is 1. The van der Waals surface area contributed by atoms with Gasteiger partial charge in [-0.2, -0.15) is 0 Å². The number of thiophene rings is 1. The average molecular weight is 283 g/mol. The molecular formula is C12H11ClN2O2S. The van der Waals surface area contributed by atoms with E-state index in [4.69, 9.17) is 27.8 Å². The second kappa shape index (κ2) is 5.29. The summed E-state index contributed by atoms with van der Waals surface area (Å²) in [5, 5.41) is 0. The third-order valence-electron chi connectivity index (χ3n) is 2.27. The van der Waals surface area contributed by atoms with Crippen LogP contribution in [-0.2, 0) is 11.3 Å². The van der Waals surface area contributed by atoms with Crippen molar-refractivity contribution >= 4 is 40.3 Å². The minimum atomic E-state index is -0.475. The van der Waals surface area contributed by atoms with E-state index in [2.05, 4.69) is 0 Å². The smallest absolute Gasteiger partial charge is 0.340 e. The van der Waals surface area contributed by atoms with Crippen LogP contribution in [0.25, 0.3) is 0 Å². The fraction of sp³-hybridized carbons (Fsp3) is 0.0833. The number of nitrogen functional groups attached to an aromatic ring is 2. The molecule has 0 bridgehead atoms. The van der Waals surface area contributed by atoms with Crippen LogP contribution in [0.2, 0.25) is 4.34 Å². The Morgan fingerprint density at radius 3 is 2.67 bits per heavy atom. The van der Waals surface area contributed by atoms with Crippen molar-refractivity contribution in [3.05, 3.63) is 45.1 Å². The Kier molecular flexibility index (Phi) is 3.74. The molecule has 2 rings (SSSR count). The molecule has 0 aliphatic carbocycles. The first kappa shape index (κ1) is 12.7. The van der Waals surface area contributed by atoms with E-state index in [9.17, 15) is 4.79 Å². The number of esters is 1. The van der Waals surface area contributed by atoms with Crippen molar-refractivity contribution in [2.75, 3.05) is 11.5 Å². The molecule has 0 fully saturated rings. The SMILES string of the molecule is Nc1ccc(C(=O)OCc2ccc(Cl)s2)c(N)c1. The van der Waals surface area contributed by atoms with Crippen LogP contribution in [0.15, 0.2) is 30.3 Å². The molecule has 4 N–H and O–H groups in total. The van der Waals surface area contributed by atoms with Crippen LogP contribution in [0.3, 0.4) is 0 Å². The van der Waals surface area contributed by atoms with Crippen molar-refractivity contribution < 1.29 is 9.53 Å². The first-order valence-corrected chi connectivity index (χ1v) is 6.32. The number of carbonyl (C=O) groups is 1. The highest BCUT2D eigenvalue weighted by Crippen LogP contribution is 2.23. The van der Waals surface area contributed by atoms with E-state index in [1.54, 1.807) is 18.2 Å². The zero-order valence-corrected chi connectivity index (χ0v) is 10.9. The maximum atomic E-state index is 11.8. The Morgan fingerprint density at radius 1 is 1.28 bits per heavy atom. The van der Waals surface area contributed by atoms with Gasteiger partial charge in [0.2, 0.25) is 0 Å². The summed E-state index contributed by atoms with van der Waals surface area (Å²) < 4.78 is 5.80. The molecule has 0 spiro atoms. The van der Waals surface area contributed by atoms with Gasteiger partial charge in [0, 0.05) is 16.3 Å². The summed E-state index contributed by atoms with van der Waals surface area (Å²) in [6, 6.07) is 8.25. The molecule has 0 aliphatic rings. The molecule has 1 aromatic heterocycles. The Balaban J connectivity index is 2.03. The number of anilines is 2. The fourth-order valence-corrected chi connectivity index (χ4v) is 2.41. The predicted molar refractivity (Wildman–Crippen MR) is 73.7 cm³/mol. The van der Waals surface area contributed by atoms with Gasteiger partial charge in [0.25, 0.3) is 0 Å². The van der Waals surface area contributed by atoms with E-state index in [0.29, 0.717) is 21.3 Å². The van der Waals surface area contributed by atoms with Crippen LogP contribution < -0.4 is 11.5 Å². The second-order valence-corrected chi connectivity index (χ2v) is 5.43. The molecule has 6 heteroatoms. The highest BCUT2D eigenvalue weighted by Gasteiger charge is 2.11. The maximum Gasteiger partial charge on any atom is 0.340 e. The van der Waals surface area contributed by atoms with Crippen LogP contribution in [0, 0.1) is 0 Å². The molecule has 0 aliphatic heterocycles. The molecule has 4 nitrogen and oxygen atoms in total. The van der Waals surface area contributed by atoms with Crippen molar-refractivity contribution in [1.29, 1.82) is 0 Å². The minimum Gasteiger partial charge on any atom is -0.456 e. The van der Waals surface area contributed by atoms with Gasteiger partial charge in [-0.3, -0.25) is 0 Å². The fourth-order valence-electron chi connectivity index (χ4n) is 1.41. The summed E-state index contributed by atoms with van der Waals surface area (Å²) in [7, 11) is 0. The number of benzene rings is 1. The predicted octanol–water partition coefficient (Wildman–Crippen LogP) is 2.92. The molecule has 0 amide bonds. The van der Waals surface area contributed by atoms with Crippen molar-refractivity contribution in [2.45, 2.75) is 6.61 Å². The van der Waals surface area contributed by atoms with Gasteiger partial charge in [0.15, 0.2) is 0 Å². The number of rotatable bonds is 3. The standard InChI is InChI=1S/C12H11ClN2O2S/c13-11-4-2-8(18-11)6-17-12(16)9-3-1-7(14)5-10(9)15/h1-5H,6,14-15H2. The summed E-state index contributed by atoms with van der Waals surface area (Å²) in [5.74, 6) is -0.475. The molecule has 0 saturated carbocycles. The van der Waals surface area contributed by atoms with Gasteiger partial charge >= 0.3 is 5.97 Å². The van der Waals surface area contributed by atoms with Crippen molar-refractivity contribution in [3.8, 4) is 0 Å². The quantitative estimate of drug-likeness (QED) is 0.670. The Hall–Kier alpha value is -1.72. The molecule has 1 heterocycles. The molecule has 0 unspecified atom stereocenters. The number of carbonyl (C=O) groups excluding carboxylic acids is 1. The van der Waals surface area contributed by atoms with Gasteiger partial charge in [0.05, 0.1) is 9.90 Å². The van der Waals surface area contributed by atoms with Crippen LogP contribution >= 0.6 is 22.9 Å². The van der Waals surface area contributed by atoms with Gasteiger partial charge in [0.1, 0.15) is 6.61 Å². The lowest BCUT2D eigenvalue weighted by atomic mass is 10.1. The lowest BCUT2D eigenvalue weighted by Crippen LogP contribution is -2.08. The van der Waals surface area contributed by atoms with Gasteiger partial charge < -0.3 is 16.2 Å². The average Bonchev–Trinajstić information content (AvgIpc) is 2.72. The Morgan fingerprint density at radius 2 is 2.06 bits per heavy atom. The number of halogens is 1. The van der Waals surface area contributed by atoms with E-state index in [1.807, 2.05) is 6.07 Å². The zero-order chi connectivity index (χ0) is 13.1. The normalized spacial score (nSPS) is 10.3. The van der Waals surface area contributed by atoms with E-state index < -0.39 is 5.97 Å². The molecule has 94 valence electrons. The molecule has 0 atom stereocenters. The van der Waals surface area contributed by atoms with Gasteiger partial charge in [-0.05, 0) is 30.3 Å². The molecule has 0 radical (unpaired) electrons. The zero-order valence-electron chi connectivity index (χ0n) is 9.35. The first-order chi connectivity index (χ1) is 8.56. The van der Waals surface area contributed by atoms with E-state index in [0.717, 1.165) is 4.88 Å². The van der Waals surface area contributed by atoms with E-state index in [-0.39, 0.29) is 6.61 Å². The van der Waals surface area contributed by atoms with Crippen LogP contribution in [0.5, 0.6) is 0 Å². The molecule has 1 aromatic carbocycles. The van der Waals surface area contributed by atoms with Crippen molar-refractivity contribution in [2.24, 2.45) is 0 Å². The molecule has 0 saturated heterocycles. The number of hydrogen-bond acceptors (Lipinski definition) is 5. The highest BCUT2D eigenvalue weighted by molar-refractivity contribution is 7.16. The Bertz CT molecular complexity index is 583. The van der Waals surface area contributed by atoms with Crippen LogP contribution in [0.4, 0.5) is 11.4 Å². The summed E-state index contributed by atoms with van der Waals surface area (Å²) >= 11 is 7.15. The van der Waals surface area contributed by atoms with Crippen molar-refractivity contribution in [1.82, 2.24) is 0 Å². The molecule has 2 aromatic rings.